The SMILES string of the molecule is CCC(C(=O)NC)N(Cc1c(Cl)cccc1Cl)C(=O)CN(c1ccc(OC)c(Cl)c1)S(C)(=O)=O. The van der Waals surface area contributed by atoms with Crippen molar-refractivity contribution in [2.45, 2.75) is 25.9 Å². The summed E-state index contributed by atoms with van der Waals surface area (Å²) >= 11 is 18.8. The standard InChI is InChI=1S/C22H26Cl3N3O5S/c1-5-19(22(30)26-2)27(12-15-16(23)7-6-8-17(15)24)21(29)13-28(34(4,31)32)14-9-10-20(33-3)18(25)11-14/h6-11,19H,5,12-13H2,1-4H3,(H,26,30). The number of rotatable bonds is 10. The molecule has 0 fully saturated rings. The molecule has 0 aliphatic carbocycles. The van der Waals surface area contributed by atoms with E-state index in [9.17, 15) is 18.0 Å². The van der Waals surface area contributed by atoms with Gasteiger partial charge in [0.05, 0.1) is 24.1 Å². The molecule has 1 N–H and O–H groups in total. The molecular formula is C22H26Cl3N3O5S. The van der Waals surface area contributed by atoms with Gasteiger partial charge in [-0.05, 0) is 36.8 Å². The lowest BCUT2D eigenvalue weighted by Gasteiger charge is -2.33. The molecule has 0 heterocycles. The van der Waals surface area contributed by atoms with Gasteiger partial charge in [0.15, 0.2) is 0 Å². The molecule has 2 amide bonds. The third kappa shape index (κ3) is 6.69. The van der Waals surface area contributed by atoms with Gasteiger partial charge in [-0.15, -0.1) is 0 Å². The van der Waals surface area contributed by atoms with Crippen molar-refractivity contribution in [3.05, 3.63) is 57.0 Å². The molecule has 0 radical (unpaired) electrons. The van der Waals surface area contributed by atoms with Crippen LogP contribution in [-0.2, 0) is 26.2 Å². The Morgan fingerprint density at radius 1 is 1.09 bits per heavy atom. The van der Waals surface area contributed by atoms with Gasteiger partial charge in [-0.3, -0.25) is 13.9 Å². The van der Waals surface area contributed by atoms with E-state index in [0.29, 0.717) is 21.4 Å². The Balaban J connectivity index is 2.51. The van der Waals surface area contributed by atoms with Crippen molar-refractivity contribution in [1.29, 1.82) is 0 Å². The Morgan fingerprint density at radius 2 is 1.71 bits per heavy atom. The van der Waals surface area contributed by atoms with Crippen LogP contribution in [0.5, 0.6) is 5.75 Å². The third-order valence-corrected chi connectivity index (χ3v) is 7.27. The second kappa shape index (κ2) is 12.0. The van der Waals surface area contributed by atoms with Crippen LogP contribution in [0.2, 0.25) is 15.1 Å². The van der Waals surface area contributed by atoms with Crippen LogP contribution >= 0.6 is 34.8 Å². The number of methoxy groups -OCH3 is 1. The van der Waals surface area contributed by atoms with E-state index in [-0.39, 0.29) is 23.7 Å². The Bertz CT molecular complexity index is 1140. The summed E-state index contributed by atoms with van der Waals surface area (Å²) in [4.78, 5) is 27.4. The number of anilines is 1. The minimum absolute atomic E-state index is 0.0930. The summed E-state index contributed by atoms with van der Waals surface area (Å²) in [7, 11) is -1.01. The van der Waals surface area contributed by atoms with Crippen LogP contribution in [0.1, 0.15) is 18.9 Å². The van der Waals surface area contributed by atoms with E-state index in [2.05, 4.69) is 5.32 Å². The average molecular weight is 551 g/mol. The maximum Gasteiger partial charge on any atom is 0.244 e. The van der Waals surface area contributed by atoms with Gasteiger partial charge in [-0.2, -0.15) is 0 Å². The number of likely N-dealkylation sites (N-methyl/N-ethyl adjacent to an activating group) is 1. The second-order valence-corrected chi connectivity index (χ2v) is 10.5. The summed E-state index contributed by atoms with van der Waals surface area (Å²) in [6, 6.07) is 8.38. The van der Waals surface area contributed by atoms with Gasteiger partial charge < -0.3 is 15.0 Å². The number of amides is 2. The smallest absolute Gasteiger partial charge is 0.244 e. The van der Waals surface area contributed by atoms with Crippen molar-refractivity contribution >= 4 is 62.3 Å². The molecule has 1 atom stereocenters. The Hall–Kier alpha value is -2.20. The Kier molecular flexibility index (Phi) is 9.87. The lowest BCUT2D eigenvalue weighted by Crippen LogP contribution is -2.51. The molecule has 34 heavy (non-hydrogen) atoms. The molecule has 0 bridgehead atoms. The molecule has 2 aromatic carbocycles. The molecule has 2 aromatic rings. The van der Waals surface area contributed by atoms with E-state index in [4.69, 9.17) is 39.5 Å². The molecular weight excluding hydrogens is 525 g/mol. The number of sulfonamides is 1. The van der Waals surface area contributed by atoms with Gasteiger partial charge in [0.2, 0.25) is 21.8 Å². The first-order chi connectivity index (χ1) is 15.9. The first-order valence-corrected chi connectivity index (χ1v) is 13.2. The normalized spacial score (nSPS) is 12.1. The zero-order valence-electron chi connectivity index (χ0n) is 19.1. The average Bonchev–Trinajstić information content (AvgIpc) is 2.77. The van der Waals surface area contributed by atoms with Crippen LogP contribution in [-0.4, -0.2) is 58.1 Å². The summed E-state index contributed by atoms with van der Waals surface area (Å²) in [5.74, 6) is -0.674. The minimum Gasteiger partial charge on any atom is -0.495 e. The molecule has 0 aromatic heterocycles. The maximum atomic E-state index is 13.5. The fourth-order valence-electron chi connectivity index (χ4n) is 3.36. The van der Waals surface area contributed by atoms with Crippen molar-refractivity contribution in [1.82, 2.24) is 10.2 Å². The Labute approximate surface area is 214 Å². The van der Waals surface area contributed by atoms with Gasteiger partial charge >= 0.3 is 0 Å². The maximum absolute atomic E-state index is 13.5. The van der Waals surface area contributed by atoms with E-state index in [1.54, 1.807) is 25.1 Å². The molecule has 0 spiro atoms. The molecule has 0 aliphatic rings. The van der Waals surface area contributed by atoms with Gasteiger partial charge in [0.25, 0.3) is 0 Å². The quantitative estimate of drug-likeness (QED) is 0.483. The lowest BCUT2D eigenvalue weighted by atomic mass is 10.1. The van der Waals surface area contributed by atoms with Crippen molar-refractivity contribution < 1.29 is 22.7 Å². The zero-order chi connectivity index (χ0) is 25.6. The van der Waals surface area contributed by atoms with E-state index in [0.717, 1.165) is 10.6 Å². The summed E-state index contributed by atoms with van der Waals surface area (Å²) in [6.45, 7) is 1.08. The van der Waals surface area contributed by atoms with Gasteiger partial charge in [-0.1, -0.05) is 47.8 Å². The summed E-state index contributed by atoms with van der Waals surface area (Å²) < 4.78 is 31.3. The van der Waals surface area contributed by atoms with Crippen LogP contribution in [0, 0.1) is 0 Å². The van der Waals surface area contributed by atoms with E-state index in [1.807, 2.05) is 0 Å². The molecule has 0 saturated heterocycles. The van der Waals surface area contributed by atoms with Gasteiger partial charge in [-0.25, -0.2) is 8.42 Å². The van der Waals surface area contributed by atoms with Gasteiger partial charge in [0, 0.05) is 29.2 Å². The fraction of sp³-hybridized carbons (Fsp3) is 0.364. The number of halogens is 3. The highest BCUT2D eigenvalue weighted by molar-refractivity contribution is 7.92. The molecule has 8 nitrogen and oxygen atoms in total. The number of benzene rings is 2. The van der Waals surface area contributed by atoms with E-state index < -0.39 is 34.4 Å². The molecule has 0 aliphatic heterocycles. The molecule has 2 rings (SSSR count). The highest BCUT2D eigenvalue weighted by Gasteiger charge is 2.32. The van der Waals surface area contributed by atoms with Gasteiger partial charge in [0.1, 0.15) is 18.3 Å². The zero-order valence-corrected chi connectivity index (χ0v) is 22.2. The van der Waals surface area contributed by atoms with Crippen LogP contribution in [0.3, 0.4) is 0 Å². The fourth-order valence-corrected chi connectivity index (χ4v) is 4.97. The highest BCUT2D eigenvalue weighted by atomic mass is 35.5. The molecule has 12 heteroatoms. The Morgan fingerprint density at radius 3 is 2.18 bits per heavy atom. The second-order valence-electron chi connectivity index (χ2n) is 7.35. The predicted octanol–water partition coefficient (Wildman–Crippen LogP) is 3.97. The largest absolute Gasteiger partial charge is 0.495 e. The van der Waals surface area contributed by atoms with Crippen molar-refractivity contribution in [3.63, 3.8) is 0 Å². The van der Waals surface area contributed by atoms with Crippen molar-refractivity contribution in [3.8, 4) is 5.75 Å². The first-order valence-electron chi connectivity index (χ1n) is 10.2. The number of carbonyl (C=O) groups excluding carboxylic acids is 2. The van der Waals surface area contributed by atoms with Crippen LogP contribution < -0.4 is 14.4 Å². The monoisotopic (exact) mass is 549 g/mol. The van der Waals surface area contributed by atoms with Crippen LogP contribution in [0.4, 0.5) is 5.69 Å². The summed E-state index contributed by atoms with van der Waals surface area (Å²) in [6.07, 6.45) is 1.25. The highest BCUT2D eigenvalue weighted by Crippen LogP contribution is 2.31. The molecule has 186 valence electrons. The lowest BCUT2D eigenvalue weighted by molar-refractivity contribution is -0.140. The third-order valence-electron chi connectivity index (χ3n) is 5.13. The summed E-state index contributed by atoms with van der Waals surface area (Å²) in [5.41, 5.74) is 0.616. The number of carbonyl (C=O) groups is 2. The van der Waals surface area contributed by atoms with Crippen molar-refractivity contribution in [2.24, 2.45) is 0 Å². The minimum atomic E-state index is -3.90. The number of nitrogens with zero attached hydrogens (tertiary/aromatic N) is 2. The van der Waals surface area contributed by atoms with E-state index in [1.165, 1.54) is 37.3 Å². The number of hydrogen-bond donors (Lipinski definition) is 1. The molecule has 1 unspecified atom stereocenters. The topological polar surface area (TPSA) is 96.0 Å². The summed E-state index contributed by atoms with van der Waals surface area (Å²) in [5, 5.41) is 3.36. The number of hydrogen-bond acceptors (Lipinski definition) is 5. The van der Waals surface area contributed by atoms with Crippen LogP contribution in [0.25, 0.3) is 0 Å². The van der Waals surface area contributed by atoms with E-state index >= 15 is 0 Å². The number of ether oxygens (including phenoxy) is 1. The predicted molar refractivity (Wildman–Crippen MR) is 135 cm³/mol. The van der Waals surface area contributed by atoms with Crippen LogP contribution in [0.15, 0.2) is 36.4 Å². The molecule has 0 saturated carbocycles. The van der Waals surface area contributed by atoms with Crippen molar-refractivity contribution in [2.75, 3.05) is 31.3 Å². The first kappa shape index (κ1) is 28.0. The number of nitrogens with one attached hydrogen (secondary N) is 1.